The van der Waals surface area contributed by atoms with Crippen molar-refractivity contribution in [1.29, 1.82) is 0 Å². The van der Waals surface area contributed by atoms with Crippen LogP contribution in [0.15, 0.2) is 95.7 Å². The Balaban J connectivity index is 1.27. The predicted molar refractivity (Wildman–Crippen MR) is 159 cm³/mol. The van der Waals surface area contributed by atoms with Gasteiger partial charge in [-0.25, -0.2) is 18.9 Å². The molecular formula is C31H26F4N6O2S. The maximum atomic E-state index is 14.9. The highest BCUT2D eigenvalue weighted by Gasteiger charge is 2.31. The van der Waals surface area contributed by atoms with Crippen LogP contribution in [0.3, 0.4) is 0 Å². The number of thiazole rings is 1. The smallest absolute Gasteiger partial charge is 0.406 e. The largest absolute Gasteiger partial charge is 0.573 e. The van der Waals surface area contributed by atoms with Crippen LogP contribution in [0.2, 0.25) is 0 Å². The Hall–Kier alpha value is -5.04. The van der Waals surface area contributed by atoms with E-state index >= 15 is 0 Å². The van der Waals surface area contributed by atoms with Crippen LogP contribution >= 0.6 is 11.3 Å². The van der Waals surface area contributed by atoms with Crippen molar-refractivity contribution in [2.45, 2.75) is 33.1 Å². The van der Waals surface area contributed by atoms with E-state index in [1.807, 2.05) is 41.1 Å². The summed E-state index contributed by atoms with van der Waals surface area (Å²) in [4.78, 5) is 21.5. The van der Waals surface area contributed by atoms with E-state index in [4.69, 9.17) is 0 Å². The van der Waals surface area contributed by atoms with E-state index in [0.717, 1.165) is 23.1 Å². The second-order valence-electron chi connectivity index (χ2n) is 9.89. The summed E-state index contributed by atoms with van der Waals surface area (Å²) in [5, 5.41) is 8.63. The monoisotopic (exact) mass is 622 g/mol. The fourth-order valence-corrected chi connectivity index (χ4v) is 5.23. The molecule has 0 fully saturated rings. The zero-order valence-electron chi connectivity index (χ0n) is 23.7. The van der Waals surface area contributed by atoms with Gasteiger partial charge in [0.1, 0.15) is 17.9 Å². The molecule has 13 heteroatoms. The molecule has 5 aromatic rings. The number of carbonyl (C=O) groups is 1. The molecule has 2 amide bonds. The van der Waals surface area contributed by atoms with Gasteiger partial charge in [0, 0.05) is 28.4 Å². The van der Waals surface area contributed by atoms with Crippen LogP contribution in [-0.2, 0) is 0 Å². The van der Waals surface area contributed by atoms with E-state index in [2.05, 4.69) is 39.0 Å². The van der Waals surface area contributed by atoms with Gasteiger partial charge in [0.25, 0.3) is 0 Å². The normalized spacial score (nSPS) is 12.5. The number of carbonyl (C=O) groups excluding carboxylic acids is 1. The molecule has 0 aliphatic carbocycles. The first-order chi connectivity index (χ1) is 21.0. The lowest BCUT2D eigenvalue weighted by atomic mass is 10.0. The molecule has 0 saturated heterocycles. The number of aryl methyl sites for hydroxylation is 1. The van der Waals surface area contributed by atoms with Crippen LogP contribution in [0.5, 0.6) is 5.75 Å². The highest BCUT2D eigenvalue weighted by atomic mass is 32.1. The molecule has 44 heavy (non-hydrogen) atoms. The van der Waals surface area contributed by atoms with Crippen molar-refractivity contribution in [3.05, 3.63) is 112 Å². The summed E-state index contributed by atoms with van der Waals surface area (Å²) in [6.07, 6.45) is -2.42. The number of benzene rings is 3. The number of para-hydroxylation sites is 1. The molecule has 0 atom stereocenters. The quantitative estimate of drug-likeness (QED) is 0.189. The standard InChI is InChI=1S/C31H26F4N6O2S/c1-19(2)25-6-4-5-7-27(25)41-20(3)17-44-30(41)38-29(42)36-16-26(32)21-8-10-22(11-9-21)28-37-18-40(39-28)23-12-14-24(15-13-23)43-31(33,34)35/h4-19H,1-3H3,(H,36,42)/b26-16-,38-30-. The molecular weight excluding hydrogens is 596 g/mol. The van der Waals surface area contributed by atoms with Crippen LogP contribution < -0.4 is 14.9 Å². The first-order valence-corrected chi connectivity index (χ1v) is 14.2. The third-order valence-corrected chi connectivity index (χ3v) is 7.39. The maximum absolute atomic E-state index is 14.9. The molecule has 0 aliphatic rings. The summed E-state index contributed by atoms with van der Waals surface area (Å²) in [6, 6.07) is 18.6. The van der Waals surface area contributed by atoms with Gasteiger partial charge in [-0.05, 0) is 48.7 Å². The molecule has 226 valence electrons. The molecule has 0 spiro atoms. The number of nitrogens with one attached hydrogen (secondary N) is 1. The number of hydrogen-bond acceptors (Lipinski definition) is 5. The molecule has 0 aliphatic heterocycles. The Kier molecular flexibility index (Phi) is 8.76. The van der Waals surface area contributed by atoms with E-state index in [1.165, 1.54) is 58.7 Å². The summed E-state index contributed by atoms with van der Waals surface area (Å²) in [6.45, 7) is 6.12. The zero-order valence-corrected chi connectivity index (χ0v) is 24.5. The number of urea groups is 1. The van der Waals surface area contributed by atoms with Gasteiger partial charge in [-0.15, -0.1) is 29.6 Å². The van der Waals surface area contributed by atoms with Crippen LogP contribution in [0.4, 0.5) is 22.4 Å². The minimum atomic E-state index is -4.78. The minimum absolute atomic E-state index is 0.210. The van der Waals surface area contributed by atoms with E-state index in [1.54, 1.807) is 12.1 Å². The SMILES string of the molecule is Cc1cs/c(=N\C(=O)N/C=C(\F)c2ccc(-c3ncn(-c4ccc(OC(F)(F)F)cc4)n3)cc2)n1-c1ccccc1C(C)C. The lowest BCUT2D eigenvalue weighted by Crippen LogP contribution is -2.22. The first-order valence-electron chi connectivity index (χ1n) is 13.3. The fourth-order valence-electron chi connectivity index (χ4n) is 4.37. The van der Waals surface area contributed by atoms with E-state index in [0.29, 0.717) is 21.9 Å². The summed E-state index contributed by atoms with van der Waals surface area (Å²) in [5.74, 6) is -0.450. The Morgan fingerprint density at radius 3 is 2.43 bits per heavy atom. The Morgan fingerprint density at radius 1 is 1.05 bits per heavy atom. The molecule has 0 bridgehead atoms. The maximum Gasteiger partial charge on any atom is 0.573 e. The summed E-state index contributed by atoms with van der Waals surface area (Å²) in [7, 11) is 0. The third kappa shape index (κ3) is 7.11. The van der Waals surface area contributed by atoms with Gasteiger partial charge >= 0.3 is 12.4 Å². The van der Waals surface area contributed by atoms with Gasteiger partial charge in [0.2, 0.25) is 0 Å². The predicted octanol–water partition coefficient (Wildman–Crippen LogP) is 7.70. The molecule has 2 heterocycles. The average Bonchev–Trinajstić information content (AvgIpc) is 3.62. The summed E-state index contributed by atoms with van der Waals surface area (Å²) >= 11 is 1.31. The molecule has 0 radical (unpaired) electrons. The number of ether oxygens (including phenoxy) is 1. The van der Waals surface area contributed by atoms with Crippen molar-refractivity contribution in [1.82, 2.24) is 24.6 Å². The van der Waals surface area contributed by atoms with Gasteiger partial charge < -0.3 is 10.1 Å². The second kappa shape index (κ2) is 12.7. The molecule has 3 aromatic carbocycles. The highest BCUT2D eigenvalue weighted by molar-refractivity contribution is 7.07. The van der Waals surface area contributed by atoms with Crippen molar-refractivity contribution in [3.8, 4) is 28.5 Å². The number of rotatable bonds is 7. The Morgan fingerprint density at radius 2 is 1.75 bits per heavy atom. The molecule has 8 nitrogen and oxygen atoms in total. The van der Waals surface area contributed by atoms with Crippen LogP contribution in [0.1, 0.15) is 36.6 Å². The van der Waals surface area contributed by atoms with Gasteiger partial charge in [-0.3, -0.25) is 4.57 Å². The molecule has 0 unspecified atom stereocenters. The van der Waals surface area contributed by atoms with Crippen molar-refractivity contribution >= 4 is 23.2 Å². The third-order valence-electron chi connectivity index (χ3n) is 6.44. The molecule has 2 aromatic heterocycles. The Bertz CT molecular complexity index is 1870. The lowest BCUT2D eigenvalue weighted by molar-refractivity contribution is -0.274. The number of halogens is 4. The fraction of sp³-hybridized carbons (Fsp3) is 0.161. The second-order valence-corrected chi connectivity index (χ2v) is 10.7. The first kappa shape index (κ1) is 30.4. The number of aromatic nitrogens is 4. The van der Waals surface area contributed by atoms with Crippen molar-refractivity contribution in [3.63, 3.8) is 0 Å². The van der Waals surface area contributed by atoms with Gasteiger partial charge in [-0.2, -0.15) is 4.99 Å². The lowest BCUT2D eigenvalue weighted by Gasteiger charge is -2.14. The van der Waals surface area contributed by atoms with Crippen LogP contribution in [-0.4, -0.2) is 31.7 Å². The molecule has 0 saturated carbocycles. The van der Waals surface area contributed by atoms with Crippen molar-refractivity contribution < 1.29 is 27.1 Å². The minimum Gasteiger partial charge on any atom is -0.406 e. The van der Waals surface area contributed by atoms with Gasteiger partial charge in [0.05, 0.1) is 11.4 Å². The van der Waals surface area contributed by atoms with Gasteiger partial charge in [-0.1, -0.05) is 56.3 Å². The van der Waals surface area contributed by atoms with E-state index < -0.39 is 18.2 Å². The van der Waals surface area contributed by atoms with E-state index in [-0.39, 0.29) is 17.2 Å². The van der Waals surface area contributed by atoms with Gasteiger partial charge in [0.15, 0.2) is 10.6 Å². The number of amides is 2. The zero-order chi connectivity index (χ0) is 31.4. The molecule has 1 N–H and O–H groups in total. The van der Waals surface area contributed by atoms with Crippen LogP contribution in [0.25, 0.3) is 28.6 Å². The topological polar surface area (TPSA) is 86.3 Å². The average molecular weight is 623 g/mol. The summed E-state index contributed by atoms with van der Waals surface area (Å²) in [5.41, 5.74) is 4.22. The van der Waals surface area contributed by atoms with Crippen LogP contribution in [0, 0.1) is 6.92 Å². The molecule has 5 rings (SSSR count). The number of nitrogens with zero attached hydrogens (tertiary/aromatic N) is 5. The van der Waals surface area contributed by atoms with Crippen molar-refractivity contribution in [2.75, 3.05) is 0 Å². The van der Waals surface area contributed by atoms with E-state index in [9.17, 15) is 22.4 Å². The summed E-state index contributed by atoms with van der Waals surface area (Å²) < 4.78 is 59.3. The number of hydrogen-bond donors (Lipinski definition) is 1. The highest BCUT2D eigenvalue weighted by Crippen LogP contribution is 2.26. The van der Waals surface area contributed by atoms with Crippen molar-refractivity contribution in [2.24, 2.45) is 4.99 Å². The Labute approximate surface area is 253 Å². The number of alkyl halides is 3.